The molecule has 106 valence electrons. The minimum Gasteiger partial charge on any atom is -0.459 e. The molecule has 0 unspecified atom stereocenters. The van der Waals surface area contributed by atoms with E-state index in [0.29, 0.717) is 0 Å². The molecule has 0 radical (unpaired) electrons. The summed E-state index contributed by atoms with van der Waals surface area (Å²) in [7, 11) is 0. The Balaban J connectivity index is 2.54. The lowest BCUT2D eigenvalue weighted by Crippen LogP contribution is -2.43. The summed E-state index contributed by atoms with van der Waals surface area (Å²) in [6.07, 6.45) is 4.59. The van der Waals surface area contributed by atoms with Crippen LogP contribution in [0.4, 0.5) is 0 Å². The molecule has 1 heterocycles. The monoisotopic (exact) mass is 255 g/mol. The number of hydrogen-bond donors (Lipinski definition) is 0. The highest BCUT2D eigenvalue weighted by molar-refractivity contribution is 5.76. The van der Waals surface area contributed by atoms with Crippen molar-refractivity contribution in [1.29, 1.82) is 0 Å². The predicted molar refractivity (Wildman–Crippen MR) is 74.5 cm³/mol. The van der Waals surface area contributed by atoms with Gasteiger partial charge < -0.3 is 4.74 Å². The number of esters is 1. The number of nitrogens with zero attached hydrogens (tertiary/aromatic N) is 1. The van der Waals surface area contributed by atoms with Crippen molar-refractivity contribution in [3.8, 4) is 0 Å². The van der Waals surface area contributed by atoms with Gasteiger partial charge in [-0.25, -0.2) is 0 Å². The molecule has 0 bridgehead atoms. The molecule has 0 aliphatic carbocycles. The van der Waals surface area contributed by atoms with Crippen molar-refractivity contribution in [3.63, 3.8) is 0 Å². The predicted octanol–water partition coefficient (Wildman–Crippen LogP) is 3.23. The maximum atomic E-state index is 12.2. The molecule has 1 aliphatic rings. The fraction of sp³-hybridized carbons (Fsp3) is 0.933. The average Bonchev–Trinajstić information content (AvgIpc) is 2.65. The van der Waals surface area contributed by atoms with Gasteiger partial charge in [0.1, 0.15) is 11.6 Å². The Morgan fingerprint density at radius 3 is 2.56 bits per heavy atom. The zero-order chi connectivity index (χ0) is 13.8. The van der Waals surface area contributed by atoms with Gasteiger partial charge >= 0.3 is 5.97 Å². The number of rotatable bonds is 5. The minimum atomic E-state index is -0.382. The van der Waals surface area contributed by atoms with E-state index in [1.807, 2.05) is 20.8 Å². The summed E-state index contributed by atoms with van der Waals surface area (Å²) in [5.41, 5.74) is -0.382. The molecule has 1 saturated heterocycles. The fourth-order valence-corrected chi connectivity index (χ4v) is 2.73. The Hall–Kier alpha value is -0.570. The SMILES string of the molecule is CCC[C@@H]1CCN([C@@H](CC)C(=O)OC(C)(C)C)C1. The molecule has 0 spiro atoms. The Labute approximate surface area is 112 Å². The van der Waals surface area contributed by atoms with Crippen LogP contribution in [0.15, 0.2) is 0 Å². The molecule has 0 amide bonds. The van der Waals surface area contributed by atoms with Crippen molar-refractivity contribution in [1.82, 2.24) is 4.90 Å². The molecule has 1 fully saturated rings. The van der Waals surface area contributed by atoms with Crippen molar-refractivity contribution in [2.45, 2.75) is 71.9 Å². The van der Waals surface area contributed by atoms with Gasteiger partial charge in [-0.3, -0.25) is 9.69 Å². The van der Waals surface area contributed by atoms with Gasteiger partial charge in [-0.2, -0.15) is 0 Å². The van der Waals surface area contributed by atoms with Crippen LogP contribution in [0.5, 0.6) is 0 Å². The van der Waals surface area contributed by atoms with Crippen molar-refractivity contribution in [2.75, 3.05) is 13.1 Å². The van der Waals surface area contributed by atoms with Crippen LogP contribution in [0.2, 0.25) is 0 Å². The highest BCUT2D eigenvalue weighted by Gasteiger charge is 2.33. The number of likely N-dealkylation sites (tertiary alicyclic amines) is 1. The summed E-state index contributed by atoms with van der Waals surface area (Å²) >= 11 is 0. The average molecular weight is 255 g/mol. The van der Waals surface area contributed by atoms with Crippen LogP contribution < -0.4 is 0 Å². The highest BCUT2D eigenvalue weighted by Crippen LogP contribution is 2.25. The molecule has 1 rings (SSSR count). The normalized spacial score (nSPS) is 23.1. The van der Waals surface area contributed by atoms with Gasteiger partial charge in [-0.1, -0.05) is 20.3 Å². The van der Waals surface area contributed by atoms with Gasteiger partial charge in [0.05, 0.1) is 0 Å². The molecular formula is C15H29NO2. The van der Waals surface area contributed by atoms with E-state index in [2.05, 4.69) is 18.7 Å². The number of hydrogen-bond acceptors (Lipinski definition) is 3. The maximum Gasteiger partial charge on any atom is 0.323 e. The third-order valence-corrected chi connectivity index (χ3v) is 3.52. The summed E-state index contributed by atoms with van der Waals surface area (Å²) in [6.45, 7) is 12.2. The zero-order valence-electron chi connectivity index (χ0n) is 12.7. The smallest absolute Gasteiger partial charge is 0.323 e. The van der Waals surface area contributed by atoms with Gasteiger partial charge in [0, 0.05) is 6.54 Å². The van der Waals surface area contributed by atoms with Crippen molar-refractivity contribution >= 4 is 5.97 Å². The summed E-state index contributed by atoms with van der Waals surface area (Å²) in [4.78, 5) is 14.5. The van der Waals surface area contributed by atoms with Crippen molar-refractivity contribution in [2.24, 2.45) is 5.92 Å². The number of carbonyl (C=O) groups is 1. The van der Waals surface area contributed by atoms with E-state index >= 15 is 0 Å². The van der Waals surface area contributed by atoms with Gasteiger partial charge in [0.15, 0.2) is 0 Å². The lowest BCUT2D eigenvalue weighted by Gasteiger charge is -2.29. The number of ether oxygens (including phenoxy) is 1. The molecule has 0 saturated carbocycles. The molecule has 1 aliphatic heterocycles. The first kappa shape index (κ1) is 15.5. The van der Waals surface area contributed by atoms with Crippen LogP contribution in [0.3, 0.4) is 0 Å². The second-order valence-corrected chi connectivity index (χ2v) is 6.40. The Morgan fingerprint density at radius 1 is 1.39 bits per heavy atom. The van der Waals surface area contributed by atoms with Crippen LogP contribution in [0.25, 0.3) is 0 Å². The van der Waals surface area contributed by atoms with Gasteiger partial charge in [-0.05, 0) is 52.5 Å². The van der Waals surface area contributed by atoms with E-state index in [9.17, 15) is 4.79 Å². The zero-order valence-corrected chi connectivity index (χ0v) is 12.7. The van der Waals surface area contributed by atoms with Crippen LogP contribution in [0, 0.1) is 5.92 Å². The molecule has 3 heteroatoms. The molecule has 0 aromatic carbocycles. The first-order chi connectivity index (χ1) is 8.37. The van der Waals surface area contributed by atoms with Gasteiger partial charge in [0.2, 0.25) is 0 Å². The van der Waals surface area contributed by atoms with Crippen LogP contribution in [-0.4, -0.2) is 35.6 Å². The second kappa shape index (κ2) is 6.55. The summed E-state index contributed by atoms with van der Waals surface area (Å²) < 4.78 is 5.52. The summed E-state index contributed by atoms with van der Waals surface area (Å²) in [6, 6.07) is -0.0499. The quantitative estimate of drug-likeness (QED) is 0.706. The first-order valence-corrected chi connectivity index (χ1v) is 7.34. The lowest BCUT2D eigenvalue weighted by molar-refractivity contribution is -0.161. The molecular weight excluding hydrogens is 226 g/mol. The fourth-order valence-electron chi connectivity index (χ4n) is 2.73. The maximum absolute atomic E-state index is 12.2. The molecule has 0 aromatic heterocycles. The Kier molecular flexibility index (Phi) is 5.64. The van der Waals surface area contributed by atoms with E-state index in [4.69, 9.17) is 4.74 Å². The van der Waals surface area contributed by atoms with E-state index in [1.165, 1.54) is 19.3 Å². The van der Waals surface area contributed by atoms with Crippen LogP contribution >= 0.6 is 0 Å². The number of carbonyl (C=O) groups excluding carboxylic acids is 1. The molecule has 0 aromatic rings. The van der Waals surface area contributed by atoms with E-state index < -0.39 is 0 Å². The molecule has 2 atom stereocenters. The summed E-state index contributed by atoms with van der Waals surface area (Å²) in [5.74, 6) is 0.716. The molecule has 18 heavy (non-hydrogen) atoms. The van der Waals surface area contributed by atoms with Crippen molar-refractivity contribution in [3.05, 3.63) is 0 Å². The third kappa shape index (κ3) is 4.60. The van der Waals surface area contributed by atoms with Gasteiger partial charge in [-0.15, -0.1) is 0 Å². The Morgan fingerprint density at radius 2 is 2.06 bits per heavy atom. The first-order valence-electron chi connectivity index (χ1n) is 7.34. The largest absolute Gasteiger partial charge is 0.459 e. The second-order valence-electron chi connectivity index (χ2n) is 6.40. The van der Waals surface area contributed by atoms with Crippen molar-refractivity contribution < 1.29 is 9.53 Å². The standard InChI is InChI=1S/C15H29NO2/c1-6-8-12-9-10-16(11-12)13(7-2)14(17)18-15(3,4)5/h12-13H,6-11H2,1-5H3/t12-,13+/m1/s1. The summed E-state index contributed by atoms with van der Waals surface area (Å²) in [5, 5.41) is 0. The third-order valence-electron chi connectivity index (χ3n) is 3.52. The lowest BCUT2D eigenvalue weighted by atomic mass is 10.0. The van der Waals surface area contributed by atoms with Crippen LogP contribution in [0.1, 0.15) is 60.3 Å². The molecule has 0 N–H and O–H groups in total. The topological polar surface area (TPSA) is 29.5 Å². The van der Waals surface area contributed by atoms with Crippen LogP contribution in [-0.2, 0) is 9.53 Å². The van der Waals surface area contributed by atoms with E-state index in [0.717, 1.165) is 25.4 Å². The van der Waals surface area contributed by atoms with E-state index in [1.54, 1.807) is 0 Å². The minimum absolute atomic E-state index is 0.0499. The van der Waals surface area contributed by atoms with Gasteiger partial charge in [0.25, 0.3) is 0 Å². The highest BCUT2D eigenvalue weighted by atomic mass is 16.6. The Bertz CT molecular complexity index is 270. The molecule has 3 nitrogen and oxygen atoms in total. The van der Waals surface area contributed by atoms with E-state index in [-0.39, 0.29) is 17.6 Å².